The van der Waals surface area contributed by atoms with Crippen LogP contribution in [0.5, 0.6) is 0 Å². The number of ether oxygens (including phenoxy) is 2. The monoisotopic (exact) mass is 666 g/mol. The van der Waals surface area contributed by atoms with Gasteiger partial charge in [-0.3, -0.25) is 9.59 Å². The van der Waals surface area contributed by atoms with E-state index < -0.39 is 11.2 Å². The highest BCUT2D eigenvalue weighted by Crippen LogP contribution is 2.67. The van der Waals surface area contributed by atoms with Gasteiger partial charge in [-0.25, -0.2) is 0 Å². The second-order valence-corrected chi connectivity index (χ2v) is 17.1. The van der Waals surface area contributed by atoms with Gasteiger partial charge in [0, 0.05) is 32.1 Å². The van der Waals surface area contributed by atoms with Gasteiger partial charge in [-0.2, -0.15) is 0 Å². The molecule has 48 heavy (non-hydrogen) atoms. The summed E-state index contributed by atoms with van der Waals surface area (Å²) in [7, 11) is 0. The first-order chi connectivity index (χ1) is 22.1. The molecule has 2 saturated carbocycles. The lowest BCUT2D eigenvalue weighted by molar-refractivity contribution is -0.152. The first-order valence-electron chi connectivity index (χ1n) is 18.3. The number of epoxide rings is 1. The quantitative estimate of drug-likeness (QED) is 0.0594. The van der Waals surface area contributed by atoms with E-state index in [-0.39, 0.29) is 46.3 Å². The van der Waals surface area contributed by atoms with Gasteiger partial charge in [-0.1, -0.05) is 87.8 Å². The maximum atomic E-state index is 13.2. The molecule has 1 unspecified atom stereocenters. The smallest absolute Gasteiger partial charge is 0.302 e. The number of fused-ring (bicyclic) bond motifs is 1. The van der Waals surface area contributed by atoms with Crippen molar-refractivity contribution in [2.24, 2.45) is 16.7 Å². The van der Waals surface area contributed by atoms with Gasteiger partial charge < -0.3 is 19.7 Å². The fraction of sp³-hybridized carbons (Fsp3) is 0.714. The van der Waals surface area contributed by atoms with E-state index in [0.29, 0.717) is 32.1 Å². The molecule has 270 valence electrons. The van der Waals surface area contributed by atoms with Crippen LogP contribution in [0.1, 0.15) is 147 Å². The summed E-state index contributed by atoms with van der Waals surface area (Å²) in [5.41, 5.74) is 2.56. The van der Waals surface area contributed by atoms with Crippen molar-refractivity contribution in [2.75, 3.05) is 0 Å². The van der Waals surface area contributed by atoms with Crippen molar-refractivity contribution in [3.05, 3.63) is 58.7 Å². The number of Topliss-reactive ketones (excluding diaryl/α,β-unsaturated/α-hetero) is 1. The molecule has 0 aromatic carbocycles. The Kier molecular flexibility index (Phi) is 13.2. The number of aliphatic hydroxyl groups is 2. The Bertz CT molecular complexity index is 1300. The second kappa shape index (κ2) is 15.7. The van der Waals surface area contributed by atoms with Gasteiger partial charge in [0.2, 0.25) is 0 Å². The third kappa shape index (κ3) is 10.1. The summed E-state index contributed by atoms with van der Waals surface area (Å²) in [6.07, 6.45) is 21.0. The third-order valence-corrected chi connectivity index (χ3v) is 11.4. The van der Waals surface area contributed by atoms with E-state index in [4.69, 9.17) is 9.47 Å². The van der Waals surface area contributed by atoms with Crippen molar-refractivity contribution in [3.8, 4) is 0 Å². The largest absolute Gasteiger partial charge is 0.462 e. The molecule has 2 N–H and O–H groups in total. The predicted octanol–water partition coefficient (Wildman–Crippen LogP) is 9.46. The second-order valence-electron chi connectivity index (χ2n) is 17.1. The van der Waals surface area contributed by atoms with Gasteiger partial charge in [-0.15, -0.1) is 0 Å². The van der Waals surface area contributed by atoms with Crippen LogP contribution in [0.3, 0.4) is 0 Å². The summed E-state index contributed by atoms with van der Waals surface area (Å²) in [6.45, 7) is 22.3. The van der Waals surface area contributed by atoms with Crippen LogP contribution in [-0.2, 0) is 19.1 Å². The lowest BCUT2D eigenvalue weighted by Crippen LogP contribution is -2.48. The molecule has 3 fully saturated rings. The van der Waals surface area contributed by atoms with Crippen LogP contribution >= 0.6 is 0 Å². The maximum Gasteiger partial charge on any atom is 0.302 e. The van der Waals surface area contributed by atoms with Crippen LogP contribution in [0.15, 0.2) is 58.7 Å². The molecule has 3 aliphatic rings. The standard InChI is InChI=1S/C42H66O6/c1-29(18-14-19-31(3)22-23-37-38(6,7)26-35(47-33(5)43)27-40(37,10)46)16-12-13-17-30(2)20-15-21-32(4)36(45)28-42-39(8,9)24-34(44)25-41(42,11)48-42/h14,16-19,23,32,34-35,44,46H,12-13,15,20-22,24-28H2,1-11H3/b18-14+,29-16+,30-17+,31-19+,37-23?/t32?,34-,35-,40+,41+,42-/m0/s1. The lowest BCUT2D eigenvalue weighted by Gasteiger charge is -2.46. The van der Waals surface area contributed by atoms with Crippen LogP contribution in [0, 0.1) is 16.7 Å². The summed E-state index contributed by atoms with van der Waals surface area (Å²) >= 11 is 0. The van der Waals surface area contributed by atoms with Gasteiger partial charge in [-0.05, 0) is 102 Å². The van der Waals surface area contributed by atoms with Gasteiger partial charge in [0.05, 0.1) is 17.3 Å². The predicted molar refractivity (Wildman–Crippen MR) is 195 cm³/mol. The first kappa shape index (κ1) is 40.2. The molecule has 0 aromatic rings. The molecular formula is C42H66O6. The van der Waals surface area contributed by atoms with E-state index in [9.17, 15) is 19.8 Å². The topological polar surface area (TPSA) is 96.4 Å². The van der Waals surface area contributed by atoms with Crippen molar-refractivity contribution in [1.82, 2.24) is 0 Å². The van der Waals surface area contributed by atoms with E-state index in [1.54, 1.807) is 0 Å². The van der Waals surface area contributed by atoms with Crippen molar-refractivity contribution in [3.63, 3.8) is 0 Å². The number of rotatable bonds is 15. The Hall–Kier alpha value is -2.28. The van der Waals surface area contributed by atoms with E-state index in [2.05, 4.69) is 98.8 Å². The summed E-state index contributed by atoms with van der Waals surface area (Å²) in [5, 5.41) is 21.5. The number of hydrogen-bond donors (Lipinski definition) is 2. The van der Waals surface area contributed by atoms with Gasteiger partial charge in [0.1, 0.15) is 17.5 Å². The highest BCUT2D eigenvalue weighted by atomic mass is 16.6. The molecule has 6 heteroatoms. The zero-order valence-corrected chi connectivity index (χ0v) is 32.0. The van der Waals surface area contributed by atoms with Crippen LogP contribution in [0.4, 0.5) is 0 Å². The SMILES string of the molecule is CC(=O)O[C@H]1CC(C)(C)C(=CC/C(C)=C/C=C/C(C)=C/CC/C=C(\C)CCCC(C)C(=O)C[C@@]23O[C@]2(C)C[C@@H](O)CC3(C)C)[C@](C)(O)C1. The minimum Gasteiger partial charge on any atom is -0.462 e. The van der Waals surface area contributed by atoms with E-state index in [1.807, 2.05) is 6.92 Å². The van der Waals surface area contributed by atoms with E-state index >= 15 is 0 Å². The van der Waals surface area contributed by atoms with Gasteiger partial charge in [0.15, 0.2) is 0 Å². The molecule has 0 radical (unpaired) electrons. The Balaban J connectivity index is 1.39. The molecule has 0 amide bonds. The normalized spacial score (nSPS) is 33.4. The van der Waals surface area contributed by atoms with Crippen molar-refractivity contribution in [2.45, 2.75) is 176 Å². The molecule has 1 heterocycles. The maximum absolute atomic E-state index is 13.2. The molecular weight excluding hydrogens is 600 g/mol. The average Bonchev–Trinajstić information content (AvgIpc) is 3.53. The number of hydrogen-bond acceptors (Lipinski definition) is 6. The number of ketones is 1. The minimum atomic E-state index is -1.01. The number of allylic oxidation sites excluding steroid dienone is 9. The number of carbonyl (C=O) groups is 2. The average molecular weight is 667 g/mol. The molecule has 3 rings (SSSR count). The number of unbranched alkanes of at least 4 members (excludes halogenated alkanes) is 1. The zero-order valence-electron chi connectivity index (χ0n) is 32.0. The summed E-state index contributed by atoms with van der Waals surface area (Å²) in [6, 6.07) is 0. The molecule has 1 saturated heterocycles. The third-order valence-electron chi connectivity index (χ3n) is 11.4. The highest BCUT2D eigenvalue weighted by molar-refractivity contribution is 5.82. The Morgan fingerprint density at radius 1 is 0.958 bits per heavy atom. The van der Waals surface area contributed by atoms with E-state index in [0.717, 1.165) is 44.1 Å². The van der Waals surface area contributed by atoms with Crippen LogP contribution in [-0.4, -0.2) is 51.0 Å². The van der Waals surface area contributed by atoms with Crippen LogP contribution in [0.2, 0.25) is 0 Å². The Morgan fingerprint density at radius 3 is 2.25 bits per heavy atom. The van der Waals surface area contributed by atoms with E-state index in [1.165, 1.54) is 23.6 Å². The van der Waals surface area contributed by atoms with Gasteiger partial charge >= 0.3 is 5.97 Å². The highest BCUT2D eigenvalue weighted by Gasteiger charge is 2.76. The summed E-state index contributed by atoms with van der Waals surface area (Å²) in [5.74, 6) is 0.00891. The fourth-order valence-corrected chi connectivity index (χ4v) is 8.78. The summed E-state index contributed by atoms with van der Waals surface area (Å²) in [4.78, 5) is 24.7. The van der Waals surface area contributed by atoms with Crippen LogP contribution in [0.25, 0.3) is 0 Å². The molecule has 1 aliphatic heterocycles. The van der Waals surface area contributed by atoms with Crippen molar-refractivity contribution in [1.29, 1.82) is 0 Å². The zero-order chi connectivity index (χ0) is 36.1. The molecule has 0 spiro atoms. The van der Waals surface area contributed by atoms with Gasteiger partial charge in [0.25, 0.3) is 0 Å². The minimum absolute atomic E-state index is 0.0189. The van der Waals surface area contributed by atoms with Crippen molar-refractivity contribution >= 4 is 11.8 Å². The fourth-order valence-electron chi connectivity index (χ4n) is 8.78. The molecule has 0 bridgehead atoms. The molecule has 2 aliphatic carbocycles. The first-order valence-corrected chi connectivity index (χ1v) is 18.3. The Labute approximate surface area is 291 Å². The number of carbonyl (C=O) groups excluding carboxylic acids is 2. The number of esters is 1. The molecule has 6 atom stereocenters. The summed E-state index contributed by atoms with van der Waals surface area (Å²) < 4.78 is 11.7. The number of aliphatic hydroxyl groups excluding tert-OH is 1. The molecule has 0 aromatic heterocycles. The molecule has 6 nitrogen and oxygen atoms in total. The van der Waals surface area contributed by atoms with Crippen molar-refractivity contribution < 1.29 is 29.3 Å². The lowest BCUT2D eigenvalue weighted by atomic mass is 9.61. The van der Waals surface area contributed by atoms with Crippen LogP contribution < -0.4 is 0 Å². The Morgan fingerprint density at radius 2 is 1.62 bits per heavy atom.